The fourth-order valence-electron chi connectivity index (χ4n) is 4.47. The van der Waals surface area contributed by atoms with Crippen molar-refractivity contribution in [3.05, 3.63) is 46.1 Å². The first kappa shape index (κ1) is 39.3. The molecule has 0 spiro atoms. The zero-order valence-corrected chi connectivity index (χ0v) is 30.7. The summed E-state index contributed by atoms with van der Waals surface area (Å²) in [6.07, 6.45) is 0. The van der Waals surface area contributed by atoms with Gasteiger partial charge in [-0.2, -0.15) is 0 Å². The monoisotopic (exact) mass is 760 g/mol. The summed E-state index contributed by atoms with van der Waals surface area (Å²) in [6.45, 7) is 9.42. The van der Waals surface area contributed by atoms with Gasteiger partial charge in [0.05, 0.1) is 5.56 Å². The Kier molecular flexibility index (Phi) is 11.6. The topological polar surface area (TPSA) is 258 Å². The quantitative estimate of drug-likeness (QED) is 0.0909. The third-order valence-electron chi connectivity index (χ3n) is 6.93. The number of esters is 4. The summed E-state index contributed by atoms with van der Waals surface area (Å²) in [7, 11) is 0. The van der Waals surface area contributed by atoms with Crippen LogP contribution in [-0.4, -0.2) is 92.2 Å². The second kappa shape index (κ2) is 15.4. The maximum atomic E-state index is 13.6. The predicted molar refractivity (Wildman–Crippen MR) is 185 cm³/mol. The molecule has 20 heteroatoms. The number of anilines is 1. The Hall–Kier alpha value is -5.50. The Morgan fingerprint density at radius 1 is 1.02 bits per heavy atom. The summed E-state index contributed by atoms with van der Waals surface area (Å²) < 4.78 is 21.2. The first-order valence-corrected chi connectivity index (χ1v) is 17.3. The van der Waals surface area contributed by atoms with Crippen LogP contribution in [0.3, 0.4) is 0 Å². The lowest BCUT2D eigenvalue weighted by atomic mass is 10.0. The van der Waals surface area contributed by atoms with E-state index in [4.69, 9.17) is 35.3 Å². The highest BCUT2D eigenvalue weighted by Gasteiger charge is 2.55. The summed E-state index contributed by atoms with van der Waals surface area (Å²) in [5.74, 6) is -5.82. The first-order valence-electron chi connectivity index (χ1n) is 15.3. The third kappa shape index (κ3) is 9.23. The number of ether oxygens (including phenoxy) is 4. The van der Waals surface area contributed by atoms with Gasteiger partial charge < -0.3 is 40.6 Å². The highest BCUT2D eigenvalue weighted by molar-refractivity contribution is 8.00. The van der Waals surface area contributed by atoms with E-state index in [2.05, 4.69) is 15.5 Å². The maximum absolute atomic E-state index is 13.6. The number of amides is 3. The largest absolute Gasteiger partial charge is 0.457 e. The molecule has 0 saturated carbocycles. The molecule has 0 aliphatic carbocycles. The maximum Gasteiger partial charge on any atom is 0.355 e. The van der Waals surface area contributed by atoms with Gasteiger partial charge in [-0.3, -0.25) is 28.9 Å². The SMILES string of the molecule is CC(=O)Oc1ccc(C(=O)OCC2=C(C(=O)OC(C)(C)C)N3C(=O)[C@@H](NC(=O)C(=NOC(C)(C)C(N)=O)c4csc(N)n4)[C@H]3SC2)cc1OC(C)=O. The van der Waals surface area contributed by atoms with E-state index < -0.39 is 70.8 Å². The number of nitrogen functional groups attached to an aromatic ring is 1. The Morgan fingerprint density at radius 3 is 2.25 bits per heavy atom. The van der Waals surface area contributed by atoms with Crippen molar-refractivity contribution in [1.82, 2.24) is 15.2 Å². The minimum absolute atomic E-state index is 0.0135. The van der Waals surface area contributed by atoms with Crippen molar-refractivity contribution in [2.75, 3.05) is 18.1 Å². The molecule has 2 aliphatic rings. The number of nitrogens with one attached hydrogen (secondary N) is 1. The van der Waals surface area contributed by atoms with E-state index in [0.29, 0.717) is 0 Å². The number of oxime groups is 1. The Labute approximate surface area is 305 Å². The molecule has 0 bridgehead atoms. The zero-order valence-electron chi connectivity index (χ0n) is 29.1. The predicted octanol–water partition coefficient (Wildman–Crippen LogP) is 1.41. The average molecular weight is 761 g/mol. The summed E-state index contributed by atoms with van der Waals surface area (Å²) in [4.78, 5) is 99.0. The standard InChI is InChI=1S/C32H36N6O12S2/c1-14(39)47-19-9-8-16(10-20(19)48-15(2)40)27(43)46-11-17-12-51-26-22(25(42)38(26)23(17)28(44)49-31(3,4)5)36-24(41)21(18-13-52-30(34)35-18)37-50-32(6,7)29(33)45/h8-10,13,22,26H,11-12H2,1-7H3,(H2,33,45)(H2,34,35)(H,36,41)/t22-,26-/m1/s1. The number of nitrogens with two attached hydrogens (primary N) is 2. The molecule has 0 radical (unpaired) electrons. The second-order valence-electron chi connectivity index (χ2n) is 12.7. The molecule has 2 aromatic rings. The Morgan fingerprint density at radius 2 is 1.67 bits per heavy atom. The molecule has 1 aromatic heterocycles. The van der Waals surface area contributed by atoms with Crippen molar-refractivity contribution in [2.24, 2.45) is 10.9 Å². The van der Waals surface area contributed by atoms with Crippen LogP contribution in [0.4, 0.5) is 5.13 Å². The van der Waals surface area contributed by atoms with E-state index in [1.165, 1.54) is 43.1 Å². The van der Waals surface area contributed by atoms with Gasteiger partial charge in [0.25, 0.3) is 17.7 Å². The van der Waals surface area contributed by atoms with E-state index in [1.54, 1.807) is 20.8 Å². The molecule has 2 aliphatic heterocycles. The van der Waals surface area contributed by atoms with Crippen LogP contribution in [0.15, 0.2) is 40.0 Å². The number of rotatable bonds is 12. The van der Waals surface area contributed by atoms with Crippen LogP contribution in [0.2, 0.25) is 0 Å². The second-order valence-corrected chi connectivity index (χ2v) is 14.7. The van der Waals surface area contributed by atoms with E-state index in [9.17, 15) is 33.6 Å². The van der Waals surface area contributed by atoms with Crippen LogP contribution in [-0.2, 0) is 43.1 Å². The summed E-state index contributed by atoms with van der Waals surface area (Å²) in [5, 5.41) is 7.16. The molecule has 5 N–H and O–H groups in total. The van der Waals surface area contributed by atoms with Gasteiger partial charge in [-0.05, 0) is 52.8 Å². The van der Waals surface area contributed by atoms with Gasteiger partial charge in [0.2, 0.25) is 5.60 Å². The number of β-lactam (4-membered cyclic amide) rings is 1. The smallest absolute Gasteiger partial charge is 0.355 e. The van der Waals surface area contributed by atoms with Crippen LogP contribution >= 0.6 is 23.1 Å². The van der Waals surface area contributed by atoms with Crippen LogP contribution < -0.4 is 26.3 Å². The summed E-state index contributed by atoms with van der Waals surface area (Å²) in [5.41, 5.74) is 8.16. The van der Waals surface area contributed by atoms with Gasteiger partial charge in [0.1, 0.15) is 35.0 Å². The fraction of sp³-hybridized carbons (Fsp3) is 0.406. The van der Waals surface area contributed by atoms with E-state index in [-0.39, 0.29) is 50.6 Å². The molecule has 0 unspecified atom stereocenters. The van der Waals surface area contributed by atoms with Gasteiger partial charge in [0, 0.05) is 30.6 Å². The molecule has 4 rings (SSSR count). The van der Waals surface area contributed by atoms with Crippen molar-refractivity contribution < 1.29 is 57.3 Å². The number of thiazole rings is 1. The van der Waals surface area contributed by atoms with Gasteiger partial charge in [0.15, 0.2) is 22.3 Å². The van der Waals surface area contributed by atoms with Crippen molar-refractivity contribution in [2.45, 2.75) is 71.1 Å². The van der Waals surface area contributed by atoms with Crippen molar-refractivity contribution in [3.8, 4) is 11.5 Å². The normalized spacial score (nSPS) is 17.3. The van der Waals surface area contributed by atoms with Crippen molar-refractivity contribution in [3.63, 3.8) is 0 Å². The van der Waals surface area contributed by atoms with Crippen LogP contribution in [0, 0.1) is 0 Å². The van der Waals surface area contributed by atoms with Gasteiger partial charge >= 0.3 is 23.9 Å². The van der Waals surface area contributed by atoms with Gasteiger partial charge in [-0.25, -0.2) is 14.6 Å². The van der Waals surface area contributed by atoms with Gasteiger partial charge in [-0.15, -0.1) is 23.1 Å². The number of hydrogen-bond donors (Lipinski definition) is 3. The zero-order chi connectivity index (χ0) is 38.7. The fourth-order valence-corrected chi connectivity index (χ4v) is 6.34. The van der Waals surface area contributed by atoms with Crippen LogP contribution in [0.5, 0.6) is 11.5 Å². The molecule has 2 atom stereocenters. The number of primary amides is 1. The van der Waals surface area contributed by atoms with E-state index in [0.717, 1.165) is 36.2 Å². The highest BCUT2D eigenvalue weighted by atomic mass is 32.2. The summed E-state index contributed by atoms with van der Waals surface area (Å²) >= 11 is 2.19. The highest BCUT2D eigenvalue weighted by Crippen LogP contribution is 2.41. The number of nitrogens with zero attached hydrogens (tertiary/aromatic N) is 3. The average Bonchev–Trinajstić information content (AvgIpc) is 3.46. The molecular formula is C32H36N6O12S2. The molecule has 3 amide bonds. The van der Waals surface area contributed by atoms with Crippen molar-refractivity contribution >= 4 is 75.5 Å². The third-order valence-corrected chi connectivity index (χ3v) is 8.94. The number of thioether (sulfide) groups is 1. The molecule has 278 valence electrons. The van der Waals surface area contributed by atoms with E-state index in [1.807, 2.05) is 0 Å². The molecule has 52 heavy (non-hydrogen) atoms. The van der Waals surface area contributed by atoms with E-state index >= 15 is 0 Å². The molecule has 18 nitrogen and oxygen atoms in total. The van der Waals surface area contributed by atoms with Crippen molar-refractivity contribution in [1.29, 1.82) is 0 Å². The number of aromatic nitrogens is 1. The van der Waals surface area contributed by atoms with Crippen LogP contribution in [0.25, 0.3) is 0 Å². The Balaban J connectivity index is 1.58. The van der Waals surface area contributed by atoms with Gasteiger partial charge in [-0.1, -0.05) is 5.16 Å². The lowest BCUT2D eigenvalue weighted by Crippen LogP contribution is -2.71. The summed E-state index contributed by atoms with van der Waals surface area (Å²) in [6, 6.07) is 2.53. The number of carbonyl (C=O) groups excluding carboxylic acids is 7. The first-order chi connectivity index (χ1) is 24.2. The number of hydrogen-bond acceptors (Lipinski definition) is 17. The minimum atomic E-state index is -1.60. The number of fused-ring (bicyclic) bond motifs is 1. The molecule has 3 heterocycles. The molecule has 1 aromatic carbocycles. The molecular weight excluding hydrogens is 725 g/mol. The minimum Gasteiger partial charge on any atom is -0.457 e. The number of benzene rings is 1. The van der Waals surface area contributed by atoms with Crippen LogP contribution in [0.1, 0.15) is 64.5 Å². The molecule has 1 fully saturated rings. The Bertz CT molecular complexity index is 1900. The number of carbonyl (C=O) groups is 7. The molecule has 1 saturated heterocycles. The lowest BCUT2D eigenvalue weighted by molar-refractivity contribution is -0.159. The lowest BCUT2D eigenvalue weighted by Gasteiger charge is -2.49.